The lowest BCUT2D eigenvalue weighted by Gasteiger charge is -2.13. The van der Waals surface area contributed by atoms with Gasteiger partial charge in [-0.15, -0.1) is 0 Å². The van der Waals surface area contributed by atoms with E-state index in [1.165, 1.54) is 14.2 Å². The Balaban J connectivity index is 1.71. The van der Waals surface area contributed by atoms with Crippen molar-refractivity contribution in [1.82, 2.24) is 0 Å². The summed E-state index contributed by atoms with van der Waals surface area (Å²) in [5, 5.41) is 6.17. The number of carbonyl (C=O) groups is 1. The Labute approximate surface area is 164 Å². The Hall–Kier alpha value is -3.67. The predicted octanol–water partition coefficient (Wildman–Crippen LogP) is 4.71. The van der Waals surface area contributed by atoms with Crippen LogP contribution in [0, 0.1) is 0 Å². The van der Waals surface area contributed by atoms with Crippen LogP contribution in [0.2, 0.25) is 0 Å². The first kappa shape index (κ1) is 19.1. The molecule has 3 aromatic rings. The minimum atomic E-state index is -0.301. The molecule has 0 saturated heterocycles. The van der Waals surface area contributed by atoms with Crippen LogP contribution in [-0.2, 0) is 0 Å². The third-order valence-corrected chi connectivity index (χ3v) is 4.18. The number of amides is 1. The average molecular weight is 378 g/mol. The van der Waals surface area contributed by atoms with Crippen LogP contribution in [0.4, 0.5) is 17.1 Å². The van der Waals surface area contributed by atoms with Gasteiger partial charge in [0.1, 0.15) is 22.8 Å². The molecule has 0 radical (unpaired) electrons. The second-order valence-electron chi connectivity index (χ2n) is 5.92. The van der Waals surface area contributed by atoms with Gasteiger partial charge in [0.05, 0.1) is 21.3 Å². The van der Waals surface area contributed by atoms with Crippen LogP contribution in [0.15, 0.2) is 66.7 Å². The summed E-state index contributed by atoms with van der Waals surface area (Å²) in [5.41, 5.74) is 2.86. The van der Waals surface area contributed by atoms with Crippen molar-refractivity contribution in [2.45, 2.75) is 0 Å². The molecule has 1 amide bonds. The van der Waals surface area contributed by atoms with E-state index in [0.29, 0.717) is 22.7 Å². The van der Waals surface area contributed by atoms with E-state index in [1.807, 2.05) is 48.5 Å². The number of hydrogen-bond acceptors (Lipinski definition) is 5. The largest absolute Gasteiger partial charge is 0.497 e. The van der Waals surface area contributed by atoms with E-state index in [9.17, 15) is 4.79 Å². The number of carbonyl (C=O) groups excluding carboxylic acids is 1. The second-order valence-corrected chi connectivity index (χ2v) is 5.92. The lowest BCUT2D eigenvalue weighted by Crippen LogP contribution is -2.14. The number of hydrogen-bond donors (Lipinski definition) is 2. The fraction of sp³-hybridized carbons (Fsp3) is 0.136. The summed E-state index contributed by atoms with van der Waals surface area (Å²) in [6.07, 6.45) is 0. The molecule has 0 saturated carbocycles. The summed E-state index contributed by atoms with van der Waals surface area (Å²) in [6, 6.07) is 20.3. The number of ether oxygens (including phenoxy) is 3. The van der Waals surface area contributed by atoms with Gasteiger partial charge in [0.25, 0.3) is 5.91 Å². The smallest absolute Gasteiger partial charge is 0.263 e. The Kier molecular flexibility index (Phi) is 6.01. The fourth-order valence-corrected chi connectivity index (χ4v) is 2.75. The highest BCUT2D eigenvalue weighted by atomic mass is 16.5. The van der Waals surface area contributed by atoms with Crippen LogP contribution >= 0.6 is 0 Å². The maximum Gasteiger partial charge on any atom is 0.263 e. The van der Waals surface area contributed by atoms with Gasteiger partial charge in [0.2, 0.25) is 0 Å². The molecule has 0 bridgehead atoms. The maximum atomic E-state index is 12.7. The molecule has 0 fully saturated rings. The number of anilines is 3. The Morgan fingerprint density at radius 1 is 0.679 bits per heavy atom. The van der Waals surface area contributed by atoms with Crippen molar-refractivity contribution in [2.24, 2.45) is 0 Å². The van der Waals surface area contributed by atoms with Crippen LogP contribution in [0.3, 0.4) is 0 Å². The highest BCUT2D eigenvalue weighted by Gasteiger charge is 2.18. The normalized spacial score (nSPS) is 10.1. The van der Waals surface area contributed by atoms with E-state index in [4.69, 9.17) is 14.2 Å². The van der Waals surface area contributed by atoms with Crippen molar-refractivity contribution in [3.63, 3.8) is 0 Å². The number of nitrogens with one attached hydrogen (secondary N) is 2. The second kappa shape index (κ2) is 8.81. The highest BCUT2D eigenvalue weighted by molar-refractivity contribution is 6.08. The molecule has 0 heterocycles. The summed E-state index contributed by atoms with van der Waals surface area (Å²) in [7, 11) is 4.67. The van der Waals surface area contributed by atoms with E-state index in [2.05, 4.69) is 10.6 Å². The van der Waals surface area contributed by atoms with Gasteiger partial charge in [-0.1, -0.05) is 6.07 Å². The van der Waals surface area contributed by atoms with Crippen molar-refractivity contribution in [3.8, 4) is 17.2 Å². The first-order valence-corrected chi connectivity index (χ1v) is 8.68. The van der Waals surface area contributed by atoms with Gasteiger partial charge in [-0.05, 0) is 60.7 Å². The first-order chi connectivity index (χ1) is 13.6. The monoisotopic (exact) mass is 378 g/mol. The minimum absolute atomic E-state index is 0.301. The molecule has 3 aromatic carbocycles. The van der Waals surface area contributed by atoms with E-state index in [0.717, 1.165) is 17.1 Å². The van der Waals surface area contributed by atoms with Crippen molar-refractivity contribution >= 4 is 23.0 Å². The highest BCUT2D eigenvalue weighted by Crippen LogP contribution is 2.29. The molecule has 0 unspecified atom stereocenters. The van der Waals surface area contributed by atoms with Crippen molar-refractivity contribution in [2.75, 3.05) is 32.0 Å². The summed E-state index contributed by atoms with van der Waals surface area (Å²) >= 11 is 0. The zero-order valence-corrected chi connectivity index (χ0v) is 16.0. The lowest BCUT2D eigenvalue weighted by atomic mass is 10.1. The quantitative estimate of drug-likeness (QED) is 0.623. The van der Waals surface area contributed by atoms with Gasteiger partial charge in [0.15, 0.2) is 0 Å². The van der Waals surface area contributed by atoms with Gasteiger partial charge in [-0.25, -0.2) is 0 Å². The van der Waals surface area contributed by atoms with Gasteiger partial charge in [-0.3, -0.25) is 4.79 Å². The molecule has 0 aromatic heterocycles. The molecular formula is C22H22N2O4. The maximum absolute atomic E-state index is 12.7. The molecule has 6 nitrogen and oxygen atoms in total. The van der Waals surface area contributed by atoms with E-state index in [1.54, 1.807) is 25.3 Å². The van der Waals surface area contributed by atoms with E-state index in [-0.39, 0.29) is 5.91 Å². The van der Waals surface area contributed by atoms with Gasteiger partial charge in [0, 0.05) is 17.1 Å². The van der Waals surface area contributed by atoms with Crippen molar-refractivity contribution in [3.05, 3.63) is 72.3 Å². The molecule has 0 aliphatic carbocycles. The van der Waals surface area contributed by atoms with Crippen LogP contribution in [-0.4, -0.2) is 27.2 Å². The molecule has 3 rings (SSSR count). The fourth-order valence-electron chi connectivity index (χ4n) is 2.75. The standard InChI is InChI=1S/C22H22N2O4/c1-26-18-13-11-16(12-14-18)23-15-7-9-17(10-8-15)24-22(25)21-19(27-2)5-4-6-20(21)28-3/h4-14,23H,1-3H3,(H,24,25). The third kappa shape index (κ3) is 4.35. The zero-order valence-electron chi connectivity index (χ0n) is 16.0. The molecule has 0 aliphatic rings. The van der Waals surface area contributed by atoms with Crippen LogP contribution in [0.25, 0.3) is 0 Å². The Bertz CT molecular complexity index is 916. The number of methoxy groups -OCH3 is 3. The molecule has 0 spiro atoms. The summed E-state index contributed by atoms with van der Waals surface area (Å²) in [5.74, 6) is 1.41. The summed E-state index contributed by atoms with van der Waals surface area (Å²) < 4.78 is 15.7. The van der Waals surface area contributed by atoms with Gasteiger partial charge >= 0.3 is 0 Å². The molecule has 0 atom stereocenters. The van der Waals surface area contributed by atoms with E-state index >= 15 is 0 Å². The predicted molar refractivity (Wildman–Crippen MR) is 110 cm³/mol. The summed E-state index contributed by atoms with van der Waals surface area (Å²) in [6.45, 7) is 0. The zero-order chi connectivity index (χ0) is 19.9. The number of benzene rings is 3. The van der Waals surface area contributed by atoms with Crippen molar-refractivity contribution < 1.29 is 19.0 Å². The lowest BCUT2D eigenvalue weighted by molar-refractivity contribution is 0.102. The Morgan fingerprint density at radius 3 is 1.68 bits per heavy atom. The SMILES string of the molecule is COc1ccc(Nc2ccc(NC(=O)c3c(OC)cccc3OC)cc2)cc1. The molecular weight excluding hydrogens is 356 g/mol. The molecule has 0 aliphatic heterocycles. The molecule has 2 N–H and O–H groups in total. The molecule has 6 heteroatoms. The molecule has 144 valence electrons. The first-order valence-electron chi connectivity index (χ1n) is 8.68. The van der Waals surface area contributed by atoms with E-state index < -0.39 is 0 Å². The van der Waals surface area contributed by atoms with Crippen LogP contribution in [0.1, 0.15) is 10.4 Å². The third-order valence-electron chi connectivity index (χ3n) is 4.18. The minimum Gasteiger partial charge on any atom is -0.497 e. The van der Waals surface area contributed by atoms with Gasteiger partial charge < -0.3 is 24.8 Å². The van der Waals surface area contributed by atoms with Crippen molar-refractivity contribution in [1.29, 1.82) is 0 Å². The summed E-state index contributed by atoms with van der Waals surface area (Å²) in [4.78, 5) is 12.7. The number of rotatable bonds is 7. The van der Waals surface area contributed by atoms with Crippen LogP contribution in [0.5, 0.6) is 17.2 Å². The average Bonchev–Trinajstić information content (AvgIpc) is 2.75. The Morgan fingerprint density at radius 2 is 1.18 bits per heavy atom. The van der Waals surface area contributed by atoms with Crippen LogP contribution < -0.4 is 24.8 Å². The van der Waals surface area contributed by atoms with Gasteiger partial charge in [-0.2, -0.15) is 0 Å². The topological polar surface area (TPSA) is 68.8 Å². The molecule has 28 heavy (non-hydrogen) atoms.